The molecule has 3 unspecified atom stereocenters. The average molecular weight is 239 g/mol. The van der Waals surface area contributed by atoms with Gasteiger partial charge in [0.05, 0.1) is 6.61 Å². The first kappa shape index (κ1) is 11.8. The van der Waals surface area contributed by atoms with Crippen molar-refractivity contribution in [2.24, 2.45) is 5.92 Å². The molecule has 0 fully saturated rings. The lowest BCUT2D eigenvalue weighted by atomic mass is 9.84. The Kier molecular flexibility index (Phi) is 3.75. The normalized spacial score (nSPS) is 23.1. The van der Waals surface area contributed by atoms with Crippen LogP contribution in [0.5, 0.6) is 5.75 Å². The zero-order valence-electron chi connectivity index (χ0n) is 9.95. The topological polar surface area (TPSA) is 9.23 Å². The molecule has 0 aliphatic carbocycles. The Morgan fingerprint density at radius 3 is 2.88 bits per heavy atom. The van der Waals surface area contributed by atoms with Gasteiger partial charge in [-0.15, -0.1) is 11.6 Å². The number of ether oxygens (including phenoxy) is 1. The Morgan fingerprint density at radius 2 is 2.12 bits per heavy atom. The first-order valence-corrected chi connectivity index (χ1v) is 6.48. The minimum atomic E-state index is 0.245. The minimum Gasteiger partial charge on any atom is -0.493 e. The second kappa shape index (κ2) is 5.09. The lowest BCUT2D eigenvalue weighted by Gasteiger charge is -2.28. The highest BCUT2D eigenvalue weighted by Gasteiger charge is 2.24. The highest BCUT2D eigenvalue weighted by Crippen LogP contribution is 2.38. The molecule has 1 aliphatic rings. The van der Waals surface area contributed by atoms with Crippen LogP contribution < -0.4 is 4.74 Å². The van der Waals surface area contributed by atoms with Gasteiger partial charge in [-0.25, -0.2) is 0 Å². The zero-order chi connectivity index (χ0) is 11.5. The molecule has 1 aliphatic heterocycles. The van der Waals surface area contributed by atoms with Crippen molar-refractivity contribution < 1.29 is 4.74 Å². The van der Waals surface area contributed by atoms with Crippen LogP contribution in [0.1, 0.15) is 38.2 Å². The van der Waals surface area contributed by atoms with Crippen molar-refractivity contribution in [3.05, 3.63) is 29.8 Å². The van der Waals surface area contributed by atoms with E-state index in [4.69, 9.17) is 16.3 Å². The fourth-order valence-electron chi connectivity index (χ4n) is 2.30. The summed E-state index contributed by atoms with van der Waals surface area (Å²) in [6, 6.07) is 8.38. The van der Waals surface area contributed by atoms with Gasteiger partial charge in [0.2, 0.25) is 0 Å². The zero-order valence-corrected chi connectivity index (χ0v) is 10.7. The average Bonchev–Trinajstić information content (AvgIpc) is 2.29. The SMILES string of the molecule is CC(Cl)C(C)CC1CCOc2ccccc21. The fourth-order valence-corrected chi connectivity index (χ4v) is 2.40. The highest BCUT2D eigenvalue weighted by molar-refractivity contribution is 6.20. The molecule has 0 saturated heterocycles. The van der Waals surface area contributed by atoms with Crippen molar-refractivity contribution in [1.82, 2.24) is 0 Å². The van der Waals surface area contributed by atoms with Crippen LogP contribution in [-0.4, -0.2) is 12.0 Å². The maximum absolute atomic E-state index is 6.14. The van der Waals surface area contributed by atoms with E-state index in [0.717, 1.165) is 25.2 Å². The predicted molar refractivity (Wildman–Crippen MR) is 68.4 cm³/mol. The summed E-state index contributed by atoms with van der Waals surface area (Å²) in [4.78, 5) is 0. The smallest absolute Gasteiger partial charge is 0.122 e. The molecule has 3 atom stereocenters. The van der Waals surface area contributed by atoms with E-state index in [1.807, 2.05) is 6.07 Å². The van der Waals surface area contributed by atoms with E-state index in [-0.39, 0.29) is 5.38 Å². The summed E-state index contributed by atoms with van der Waals surface area (Å²) in [7, 11) is 0. The molecule has 0 spiro atoms. The van der Waals surface area contributed by atoms with E-state index in [1.54, 1.807) is 0 Å². The van der Waals surface area contributed by atoms with Gasteiger partial charge in [0.15, 0.2) is 0 Å². The van der Waals surface area contributed by atoms with E-state index < -0.39 is 0 Å². The van der Waals surface area contributed by atoms with Crippen molar-refractivity contribution in [3.63, 3.8) is 0 Å². The molecule has 1 aromatic rings. The van der Waals surface area contributed by atoms with Crippen molar-refractivity contribution in [1.29, 1.82) is 0 Å². The molecule has 2 rings (SSSR count). The molecule has 0 amide bonds. The maximum atomic E-state index is 6.14. The molecular weight excluding hydrogens is 220 g/mol. The van der Waals surface area contributed by atoms with Crippen LogP contribution >= 0.6 is 11.6 Å². The molecule has 1 nitrogen and oxygen atoms in total. The predicted octanol–water partition coefficient (Wildman–Crippen LogP) is 4.21. The lowest BCUT2D eigenvalue weighted by molar-refractivity contribution is 0.253. The monoisotopic (exact) mass is 238 g/mol. The summed E-state index contributed by atoms with van der Waals surface area (Å²) in [5.74, 6) is 2.23. The summed E-state index contributed by atoms with van der Waals surface area (Å²) >= 11 is 6.14. The summed E-state index contributed by atoms with van der Waals surface area (Å²) < 4.78 is 5.66. The van der Waals surface area contributed by atoms with Gasteiger partial charge in [0.25, 0.3) is 0 Å². The Morgan fingerprint density at radius 1 is 1.38 bits per heavy atom. The van der Waals surface area contributed by atoms with Crippen molar-refractivity contribution in [3.8, 4) is 5.75 Å². The van der Waals surface area contributed by atoms with Gasteiger partial charge in [-0.1, -0.05) is 25.1 Å². The van der Waals surface area contributed by atoms with Crippen molar-refractivity contribution >= 4 is 11.6 Å². The largest absolute Gasteiger partial charge is 0.493 e. The van der Waals surface area contributed by atoms with E-state index in [0.29, 0.717) is 11.8 Å². The standard InChI is InChI=1S/C14H19ClO/c1-10(11(2)15)9-12-7-8-16-14-6-4-3-5-13(12)14/h3-6,10-12H,7-9H2,1-2H3. The third kappa shape index (κ3) is 2.52. The highest BCUT2D eigenvalue weighted by atomic mass is 35.5. The van der Waals surface area contributed by atoms with Gasteiger partial charge in [-0.3, -0.25) is 0 Å². The number of hydrogen-bond acceptors (Lipinski definition) is 1. The molecule has 1 aromatic carbocycles. The third-order valence-electron chi connectivity index (χ3n) is 3.52. The number of benzene rings is 1. The molecule has 0 radical (unpaired) electrons. The van der Waals surface area contributed by atoms with E-state index in [1.165, 1.54) is 5.56 Å². The second-order valence-electron chi connectivity index (χ2n) is 4.76. The van der Waals surface area contributed by atoms with Crippen LogP contribution in [0.25, 0.3) is 0 Å². The van der Waals surface area contributed by atoms with Gasteiger partial charge in [-0.2, -0.15) is 0 Å². The van der Waals surface area contributed by atoms with Gasteiger partial charge in [0.1, 0.15) is 5.75 Å². The second-order valence-corrected chi connectivity index (χ2v) is 5.45. The third-order valence-corrected chi connectivity index (χ3v) is 3.95. The van der Waals surface area contributed by atoms with Crippen LogP contribution in [0.3, 0.4) is 0 Å². The van der Waals surface area contributed by atoms with Crippen LogP contribution in [0.15, 0.2) is 24.3 Å². The lowest BCUT2D eigenvalue weighted by Crippen LogP contribution is -2.18. The quantitative estimate of drug-likeness (QED) is 0.717. The molecule has 0 aromatic heterocycles. The van der Waals surface area contributed by atoms with Crippen molar-refractivity contribution in [2.75, 3.05) is 6.61 Å². The number of fused-ring (bicyclic) bond motifs is 1. The maximum Gasteiger partial charge on any atom is 0.122 e. The summed E-state index contributed by atoms with van der Waals surface area (Å²) in [5, 5.41) is 0.245. The molecule has 0 N–H and O–H groups in total. The number of rotatable bonds is 3. The molecule has 88 valence electrons. The number of halogens is 1. The number of para-hydroxylation sites is 1. The Balaban J connectivity index is 2.13. The van der Waals surface area contributed by atoms with Gasteiger partial charge < -0.3 is 4.74 Å². The van der Waals surface area contributed by atoms with Crippen molar-refractivity contribution in [2.45, 2.75) is 38.0 Å². The van der Waals surface area contributed by atoms with E-state index in [2.05, 4.69) is 32.0 Å². The summed E-state index contributed by atoms with van der Waals surface area (Å²) in [6.45, 7) is 5.15. The Labute approximate surface area is 103 Å². The molecule has 0 saturated carbocycles. The van der Waals surface area contributed by atoms with Gasteiger partial charge >= 0.3 is 0 Å². The minimum absolute atomic E-state index is 0.245. The summed E-state index contributed by atoms with van der Waals surface area (Å²) in [5.41, 5.74) is 1.36. The first-order valence-electron chi connectivity index (χ1n) is 6.04. The Hall–Kier alpha value is -0.690. The van der Waals surface area contributed by atoms with E-state index in [9.17, 15) is 0 Å². The summed E-state index contributed by atoms with van der Waals surface area (Å²) in [6.07, 6.45) is 2.27. The fraction of sp³-hybridized carbons (Fsp3) is 0.571. The molecule has 1 heterocycles. The van der Waals surface area contributed by atoms with Crippen LogP contribution in [0.4, 0.5) is 0 Å². The van der Waals surface area contributed by atoms with Gasteiger partial charge in [-0.05, 0) is 43.2 Å². The Bertz CT molecular complexity index is 348. The van der Waals surface area contributed by atoms with Gasteiger partial charge in [0, 0.05) is 5.38 Å². The molecule has 16 heavy (non-hydrogen) atoms. The van der Waals surface area contributed by atoms with Crippen LogP contribution in [-0.2, 0) is 0 Å². The van der Waals surface area contributed by atoms with Crippen LogP contribution in [0.2, 0.25) is 0 Å². The number of alkyl halides is 1. The van der Waals surface area contributed by atoms with Crippen LogP contribution in [0, 0.1) is 5.92 Å². The van der Waals surface area contributed by atoms with E-state index >= 15 is 0 Å². The molecular formula is C14H19ClO. The molecule has 2 heteroatoms. The number of hydrogen-bond donors (Lipinski definition) is 0. The molecule has 0 bridgehead atoms. The first-order chi connectivity index (χ1) is 7.68.